The summed E-state index contributed by atoms with van der Waals surface area (Å²) in [6.07, 6.45) is -0.845. The van der Waals surface area contributed by atoms with Crippen molar-refractivity contribution in [1.82, 2.24) is 20.3 Å². The lowest BCUT2D eigenvalue weighted by atomic mass is 10.1. The van der Waals surface area contributed by atoms with Crippen LogP contribution in [0.5, 0.6) is 5.75 Å². The van der Waals surface area contributed by atoms with Gasteiger partial charge in [-0.15, -0.1) is 15.0 Å². The number of nitrogens with zero attached hydrogens (tertiary/aromatic N) is 3. The summed E-state index contributed by atoms with van der Waals surface area (Å²) >= 11 is 17.4. The van der Waals surface area contributed by atoms with Crippen LogP contribution in [-0.2, 0) is 4.79 Å². The molecule has 0 radical (unpaired) electrons. The Hall–Kier alpha value is -3.72. The fourth-order valence-corrected chi connectivity index (χ4v) is 4.54. The minimum Gasteiger partial charge on any atom is -0.479 e. The summed E-state index contributed by atoms with van der Waals surface area (Å²) in [5, 5.41) is 18.2. The first-order valence-electron chi connectivity index (χ1n) is 11.4. The molecular weight excluding hydrogens is 529 g/mol. The van der Waals surface area contributed by atoms with Crippen molar-refractivity contribution in [3.8, 4) is 11.4 Å². The van der Waals surface area contributed by atoms with E-state index in [4.69, 9.17) is 40.2 Å². The number of halogens is 2. The average molecular weight is 550 g/mol. The van der Waals surface area contributed by atoms with E-state index in [9.17, 15) is 4.79 Å². The Morgan fingerprint density at radius 3 is 2.51 bits per heavy atom. The highest BCUT2D eigenvalue weighted by atomic mass is 35.5. The zero-order valence-corrected chi connectivity index (χ0v) is 22.2. The fourth-order valence-electron chi connectivity index (χ4n) is 3.87. The molecule has 186 valence electrons. The van der Waals surface area contributed by atoms with Crippen LogP contribution in [0.3, 0.4) is 0 Å². The molecule has 2 N–H and O–H groups in total. The van der Waals surface area contributed by atoms with Crippen LogP contribution in [0, 0.1) is 6.92 Å². The molecule has 0 aliphatic rings. The monoisotopic (exact) mass is 549 g/mol. The Kier molecular flexibility index (Phi) is 6.97. The molecule has 5 aromatic rings. The standard InChI is InChI=1S/C27H21Cl2N5O2S/c1-15-12-22-23(33-34(32-22)24-9-5-7-17-6-3-4-8-19(17)24)14-21(15)30-27(37)31-26(35)16(2)36-25-11-10-18(28)13-20(25)29/h3-14,16H,1-2H3,(H2,30,31,35,37). The molecule has 1 aromatic heterocycles. The number of anilines is 1. The zero-order chi connectivity index (χ0) is 26.1. The minimum absolute atomic E-state index is 0.131. The molecule has 1 amide bonds. The second-order valence-electron chi connectivity index (χ2n) is 8.42. The van der Waals surface area contributed by atoms with Gasteiger partial charge in [-0.25, -0.2) is 0 Å². The molecule has 0 aliphatic heterocycles. The third kappa shape index (κ3) is 5.36. The molecule has 1 atom stereocenters. The summed E-state index contributed by atoms with van der Waals surface area (Å²) in [4.78, 5) is 14.3. The lowest BCUT2D eigenvalue weighted by Gasteiger charge is -2.17. The first-order valence-corrected chi connectivity index (χ1v) is 12.5. The molecule has 7 nitrogen and oxygen atoms in total. The SMILES string of the molecule is Cc1cc2nn(-c3cccc4ccccc34)nc2cc1NC(=S)NC(=O)C(C)Oc1ccc(Cl)cc1Cl. The van der Waals surface area contributed by atoms with Crippen LogP contribution < -0.4 is 15.4 Å². The van der Waals surface area contributed by atoms with Gasteiger partial charge in [0.2, 0.25) is 0 Å². The third-order valence-electron chi connectivity index (χ3n) is 5.76. The number of aromatic nitrogens is 3. The van der Waals surface area contributed by atoms with E-state index in [0.29, 0.717) is 27.0 Å². The predicted octanol–water partition coefficient (Wildman–Crippen LogP) is 6.47. The van der Waals surface area contributed by atoms with Crippen LogP contribution >= 0.6 is 35.4 Å². The van der Waals surface area contributed by atoms with Crippen LogP contribution in [0.2, 0.25) is 10.0 Å². The number of carbonyl (C=O) groups excluding carboxylic acids is 1. The number of amides is 1. The summed E-state index contributed by atoms with van der Waals surface area (Å²) in [7, 11) is 0. The van der Waals surface area contributed by atoms with Crippen molar-refractivity contribution in [3.05, 3.63) is 88.4 Å². The lowest BCUT2D eigenvalue weighted by molar-refractivity contribution is -0.125. The summed E-state index contributed by atoms with van der Waals surface area (Å²) in [6.45, 7) is 3.53. The van der Waals surface area contributed by atoms with E-state index < -0.39 is 12.0 Å². The Balaban J connectivity index is 1.31. The Bertz CT molecular complexity index is 1660. The summed E-state index contributed by atoms with van der Waals surface area (Å²) in [5.41, 5.74) is 3.92. The molecule has 0 bridgehead atoms. The number of nitrogens with one attached hydrogen (secondary N) is 2. The number of carbonyl (C=O) groups is 1. The van der Waals surface area contributed by atoms with Crippen LogP contribution in [-0.4, -0.2) is 32.1 Å². The molecule has 37 heavy (non-hydrogen) atoms. The van der Waals surface area contributed by atoms with E-state index in [1.807, 2.05) is 49.4 Å². The molecule has 1 heterocycles. The molecule has 1 unspecified atom stereocenters. The average Bonchev–Trinajstić information content (AvgIpc) is 3.27. The van der Waals surface area contributed by atoms with Gasteiger partial charge in [0.1, 0.15) is 16.8 Å². The van der Waals surface area contributed by atoms with Gasteiger partial charge in [-0.05, 0) is 73.4 Å². The predicted molar refractivity (Wildman–Crippen MR) is 152 cm³/mol. The maximum Gasteiger partial charge on any atom is 0.266 e. The van der Waals surface area contributed by atoms with Crippen LogP contribution in [0.1, 0.15) is 12.5 Å². The normalized spacial score (nSPS) is 11.9. The van der Waals surface area contributed by atoms with Gasteiger partial charge in [0.05, 0.1) is 10.7 Å². The maximum atomic E-state index is 12.6. The van der Waals surface area contributed by atoms with Crippen molar-refractivity contribution >= 4 is 73.9 Å². The van der Waals surface area contributed by atoms with Gasteiger partial charge < -0.3 is 10.1 Å². The van der Waals surface area contributed by atoms with Crippen LogP contribution in [0.15, 0.2) is 72.8 Å². The highest BCUT2D eigenvalue weighted by Gasteiger charge is 2.18. The van der Waals surface area contributed by atoms with E-state index in [0.717, 1.165) is 27.5 Å². The summed E-state index contributed by atoms with van der Waals surface area (Å²) in [5.74, 6) is -0.0766. The zero-order valence-electron chi connectivity index (χ0n) is 19.8. The van der Waals surface area contributed by atoms with E-state index in [1.54, 1.807) is 29.9 Å². The molecule has 0 spiro atoms. The van der Waals surface area contributed by atoms with Crippen molar-refractivity contribution < 1.29 is 9.53 Å². The van der Waals surface area contributed by atoms with Crippen LogP contribution in [0.4, 0.5) is 5.69 Å². The summed E-state index contributed by atoms with van der Waals surface area (Å²) < 4.78 is 5.66. The number of hydrogen-bond donors (Lipinski definition) is 2. The highest BCUT2D eigenvalue weighted by molar-refractivity contribution is 7.80. The Morgan fingerprint density at radius 2 is 1.73 bits per heavy atom. The molecule has 0 fully saturated rings. The van der Waals surface area contributed by atoms with Crippen molar-refractivity contribution in [2.75, 3.05) is 5.32 Å². The quantitative estimate of drug-likeness (QED) is 0.244. The van der Waals surface area contributed by atoms with Gasteiger partial charge in [-0.1, -0.05) is 59.6 Å². The largest absolute Gasteiger partial charge is 0.479 e. The number of aryl methyl sites for hydroxylation is 1. The summed E-state index contributed by atoms with van der Waals surface area (Å²) in [6, 6.07) is 22.7. The number of ether oxygens (including phenoxy) is 1. The maximum absolute atomic E-state index is 12.6. The van der Waals surface area contributed by atoms with Crippen molar-refractivity contribution in [2.24, 2.45) is 0 Å². The van der Waals surface area contributed by atoms with Gasteiger partial charge in [-0.2, -0.15) is 0 Å². The van der Waals surface area contributed by atoms with Crippen LogP contribution in [0.25, 0.3) is 27.5 Å². The number of rotatable bonds is 5. The van der Waals surface area contributed by atoms with Crippen molar-refractivity contribution in [3.63, 3.8) is 0 Å². The topological polar surface area (TPSA) is 81.1 Å². The van der Waals surface area contributed by atoms with Gasteiger partial charge >= 0.3 is 0 Å². The molecule has 5 rings (SSSR count). The smallest absolute Gasteiger partial charge is 0.266 e. The Morgan fingerprint density at radius 1 is 1.00 bits per heavy atom. The Labute approximate surface area is 228 Å². The lowest BCUT2D eigenvalue weighted by Crippen LogP contribution is -2.42. The molecule has 4 aromatic carbocycles. The van der Waals surface area contributed by atoms with Gasteiger partial charge in [0, 0.05) is 16.1 Å². The molecule has 0 aliphatic carbocycles. The number of hydrogen-bond acceptors (Lipinski definition) is 5. The minimum atomic E-state index is -0.845. The fraction of sp³-hybridized carbons (Fsp3) is 0.111. The van der Waals surface area contributed by atoms with Crippen molar-refractivity contribution in [2.45, 2.75) is 20.0 Å². The van der Waals surface area contributed by atoms with E-state index in [1.165, 1.54) is 0 Å². The second kappa shape index (κ2) is 10.3. The number of thiocarbonyl (C=S) groups is 1. The molecule has 0 saturated carbocycles. The first-order chi connectivity index (χ1) is 17.8. The van der Waals surface area contributed by atoms with Gasteiger partial charge in [-0.3, -0.25) is 10.1 Å². The first kappa shape index (κ1) is 25.0. The van der Waals surface area contributed by atoms with E-state index >= 15 is 0 Å². The highest BCUT2D eigenvalue weighted by Crippen LogP contribution is 2.28. The van der Waals surface area contributed by atoms with Crippen molar-refractivity contribution in [1.29, 1.82) is 0 Å². The van der Waals surface area contributed by atoms with Gasteiger partial charge in [0.25, 0.3) is 5.91 Å². The third-order valence-corrected chi connectivity index (χ3v) is 6.49. The molecule has 0 saturated heterocycles. The number of fused-ring (bicyclic) bond motifs is 2. The van der Waals surface area contributed by atoms with E-state index in [-0.39, 0.29) is 5.11 Å². The molecule has 10 heteroatoms. The molecular formula is C27H21Cl2N5O2S. The van der Waals surface area contributed by atoms with E-state index in [2.05, 4.69) is 33.0 Å². The number of benzene rings is 4. The second-order valence-corrected chi connectivity index (χ2v) is 9.67. The van der Waals surface area contributed by atoms with Gasteiger partial charge in [0.15, 0.2) is 11.2 Å².